The predicted octanol–water partition coefficient (Wildman–Crippen LogP) is 2.26. The minimum absolute atomic E-state index is 0. The van der Waals surface area contributed by atoms with Crippen molar-refractivity contribution in [1.82, 2.24) is 0 Å². The first-order valence-electron chi connectivity index (χ1n) is 4.22. The fraction of sp³-hybridized carbons (Fsp3) is 0.889. The first kappa shape index (κ1) is 10.8. The van der Waals surface area contributed by atoms with Crippen molar-refractivity contribution in [3.63, 3.8) is 0 Å². The largest absolute Gasteiger partial charge is 0.316 e. The summed E-state index contributed by atoms with van der Waals surface area (Å²) in [6.45, 7) is 3.85. The van der Waals surface area contributed by atoms with Gasteiger partial charge in [0.2, 0.25) is 0 Å². The van der Waals surface area contributed by atoms with Gasteiger partial charge in [-0.05, 0) is 5.92 Å². The summed E-state index contributed by atoms with van der Waals surface area (Å²) in [5, 5.41) is 0. The molecule has 0 aliphatic heterocycles. The molecule has 0 bridgehead atoms. The third-order valence-electron chi connectivity index (χ3n) is 2.34. The zero-order valence-electron chi connectivity index (χ0n) is 6.23. The molecule has 1 aliphatic carbocycles. The summed E-state index contributed by atoms with van der Waals surface area (Å²) >= 11 is 0. The maximum atomic E-state index is 3.85. The van der Waals surface area contributed by atoms with E-state index in [9.17, 15) is 0 Å². The van der Waals surface area contributed by atoms with Gasteiger partial charge >= 0.3 is 23.1 Å². The molecule has 1 aliphatic rings. The Morgan fingerprint density at radius 2 is 1.80 bits per heavy atom. The molecule has 1 saturated carbocycles. The minimum atomic E-state index is 0. The van der Waals surface area contributed by atoms with E-state index in [1.54, 1.807) is 0 Å². The van der Waals surface area contributed by atoms with Crippen molar-refractivity contribution in [1.29, 1.82) is 0 Å². The van der Waals surface area contributed by atoms with Crippen molar-refractivity contribution < 1.29 is 0 Å². The average Bonchev–Trinajstić information content (AvgIpc) is 2.34. The van der Waals surface area contributed by atoms with Crippen LogP contribution in [0.15, 0.2) is 0 Å². The molecule has 0 aromatic carbocycles. The Morgan fingerprint density at radius 1 is 1.20 bits per heavy atom. The normalized spacial score (nSPS) is 18.9. The summed E-state index contributed by atoms with van der Waals surface area (Å²) in [7, 11) is 0. The van der Waals surface area contributed by atoms with Gasteiger partial charge in [0.15, 0.2) is 0 Å². The molecule has 1 radical (unpaired) electrons. The van der Waals surface area contributed by atoms with E-state index in [0.29, 0.717) is 0 Å². The second-order valence-electron chi connectivity index (χ2n) is 3.15. The SMILES string of the molecule is [CH2]CCCC1CCCC1.[MgH2]. The fourth-order valence-corrected chi connectivity index (χ4v) is 1.73. The van der Waals surface area contributed by atoms with Crippen LogP contribution in [0.1, 0.15) is 44.9 Å². The summed E-state index contributed by atoms with van der Waals surface area (Å²) < 4.78 is 0. The molecule has 1 fully saturated rings. The van der Waals surface area contributed by atoms with Gasteiger partial charge in [-0.25, -0.2) is 0 Å². The van der Waals surface area contributed by atoms with Crippen LogP contribution in [0.5, 0.6) is 0 Å². The van der Waals surface area contributed by atoms with Gasteiger partial charge in [0.1, 0.15) is 0 Å². The lowest BCUT2D eigenvalue weighted by atomic mass is 10.0. The zero-order chi connectivity index (χ0) is 6.53. The monoisotopic (exact) mass is 151 g/mol. The summed E-state index contributed by atoms with van der Waals surface area (Å²) in [6, 6.07) is 0. The Labute approximate surface area is 80.9 Å². The molecule has 0 aromatic rings. The quantitative estimate of drug-likeness (QED) is 0.543. The topological polar surface area (TPSA) is 0 Å². The van der Waals surface area contributed by atoms with E-state index >= 15 is 0 Å². The number of hydrogen-bond donors (Lipinski definition) is 0. The van der Waals surface area contributed by atoms with Gasteiger partial charge in [-0.15, -0.1) is 0 Å². The molecule has 0 amide bonds. The highest BCUT2D eigenvalue weighted by Gasteiger charge is 2.13. The summed E-state index contributed by atoms with van der Waals surface area (Å²) in [5.74, 6) is 1.08. The van der Waals surface area contributed by atoms with E-state index in [-0.39, 0.29) is 23.1 Å². The molecule has 0 aromatic heterocycles. The van der Waals surface area contributed by atoms with Gasteiger partial charge < -0.3 is 0 Å². The average molecular weight is 152 g/mol. The van der Waals surface area contributed by atoms with Crippen LogP contribution in [0.25, 0.3) is 0 Å². The van der Waals surface area contributed by atoms with E-state index in [4.69, 9.17) is 0 Å². The second kappa shape index (κ2) is 6.47. The molecular formula is C9H19Mg. The van der Waals surface area contributed by atoms with Crippen molar-refractivity contribution in [3.8, 4) is 0 Å². The maximum absolute atomic E-state index is 3.85. The molecule has 0 saturated heterocycles. The third kappa shape index (κ3) is 3.82. The predicted molar refractivity (Wildman–Crippen MR) is 49.7 cm³/mol. The van der Waals surface area contributed by atoms with Crippen LogP contribution < -0.4 is 0 Å². The molecule has 0 heterocycles. The lowest BCUT2D eigenvalue weighted by Gasteiger charge is -2.05. The number of hydrogen-bond acceptors (Lipinski definition) is 0. The highest BCUT2D eigenvalue weighted by molar-refractivity contribution is 5.75. The summed E-state index contributed by atoms with van der Waals surface area (Å²) in [4.78, 5) is 0. The van der Waals surface area contributed by atoms with Gasteiger partial charge in [-0.2, -0.15) is 0 Å². The van der Waals surface area contributed by atoms with E-state index in [1.807, 2.05) is 0 Å². The van der Waals surface area contributed by atoms with Crippen molar-refractivity contribution in [2.24, 2.45) is 5.92 Å². The molecule has 0 N–H and O–H groups in total. The van der Waals surface area contributed by atoms with Gasteiger partial charge in [0.05, 0.1) is 0 Å². The van der Waals surface area contributed by atoms with Crippen molar-refractivity contribution in [2.75, 3.05) is 0 Å². The highest BCUT2D eigenvalue weighted by atomic mass is 24.3. The molecule has 0 atom stereocenters. The molecule has 0 spiro atoms. The van der Waals surface area contributed by atoms with Crippen LogP contribution in [0.2, 0.25) is 0 Å². The Bertz CT molecular complexity index is 65.1. The van der Waals surface area contributed by atoms with Gasteiger partial charge in [0, 0.05) is 0 Å². The first-order chi connectivity index (χ1) is 4.43. The molecule has 1 rings (SSSR count). The zero-order valence-corrected chi connectivity index (χ0v) is 6.23. The Hall–Kier alpha value is 0.766. The van der Waals surface area contributed by atoms with Gasteiger partial charge in [0.25, 0.3) is 0 Å². The van der Waals surface area contributed by atoms with Gasteiger partial charge in [-0.3, -0.25) is 0 Å². The van der Waals surface area contributed by atoms with Crippen LogP contribution in [0.3, 0.4) is 0 Å². The molecule has 57 valence electrons. The standard InChI is InChI=1S/C9H17.Mg.2H/c1-2-3-6-9-7-4-5-8-9;;;/h9H,1-8H2;;;. The molecular weight excluding hydrogens is 132 g/mol. The van der Waals surface area contributed by atoms with Crippen molar-refractivity contribution in [3.05, 3.63) is 6.92 Å². The number of unbranched alkanes of at least 4 members (excludes halogenated alkanes) is 1. The smallest absolute Gasteiger partial charge is 0.0533 e. The van der Waals surface area contributed by atoms with Crippen LogP contribution >= 0.6 is 0 Å². The molecule has 0 nitrogen and oxygen atoms in total. The third-order valence-corrected chi connectivity index (χ3v) is 2.34. The van der Waals surface area contributed by atoms with Crippen LogP contribution in [-0.4, -0.2) is 23.1 Å². The first-order valence-corrected chi connectivity index (χ1v) is 4.22. The molecule has 0 unspecified atom stereocenters. The Balaban J connectivity index is 0.000000810. The minimum Gasteiger partial charge on any atom is -0.0533 e. The highest BCUT2D eigenvalue weighted by Crippen LogP contribution is 2.28. The van der Waals surface area contributed by atoms with Gasteiger partial charge in [-0.1, -0.05) is 51.9 Å². The van der Waals surface area contributed by atoms with Crippen LogP contribution in [-0.2, 0) is 0 Å². The van der Waals surface area contributed by atoms with Crippen molar-refractivity contribution in [2.45, 2.75) is 44.9 Å². The van der Waals surface area contributed by atoms with Crippen LogP contribution in [0.4, 0.5) is 0 Å². The Kier molecular flexibility index (Phi) is 6.97. The van der Waals surface area contributed by atoms with Crippen LogP contribution in [0, 0.1) is 12.8 Å². The van der Waals surface area contributed by atoms with E-state index in [1.165, 1.54) is 38.5 Å². The van der Waals surface area contributed by atoms with E-state index in [2.05, 4.69) is 6.92 Å². The lowest BCUT2D eigenvalue weighted by Crippen LogP contribution is -1.91. The van der Waals surface area contributed by atoms with E-state index in [0.717, 1.165) is 12.3 Å². The Morgan fingerprint density at radius 3 is 2.30 bits per heavy atom. The van der Waals surface area contributed by atoms with E-state index < -0.39 is 0 Å². The maximum Gasteiger partial charge on any atom is 0.316 e. The summed E-state index contributed by atoms with van der Waals surface area (Å²) in [5.41, 5.74) is 0. The summed E-state index contributed by atoms with van der Waals surface area (Å²) in [6.07, 6.45) is 9.91. The molecule has 1 heteroatoms. The second-order valence-corrected chi connectivity index (χ2v) is 3.15. The number of rotatable bonds is 3. The molecule has 10 heavy (non-hydrogen) atoms. The fourth-order valence-electron chi connectivity index (χ4n) is 1.73. The van der Waals surface area contributed by atoms with Crippen molar-refractivity contribution >= 4 is 23.1 Å². The lowest BCUT2D eigenvalue weighted by molar-refractivity contribution is 0.486.